The lowest BCUT2D eigenvalue weighted by Crippen LogP contribution is -2.42. The summed E-state index contributed by atoms with van der Waals surface area (Å²) in [6.45, 7) is 6.43. The molecule has 0 saturated carbocycles. The highest BCUT2D eigenvalue weighted by Crippen LogP contribution is 2.26. The summed E-state index contributed by atoms with van der Waals surface area (Å²) in [5, 5.41) is 0. The zero-order valence-electron chi connectivity index (χ0n) is 7.83. The maximum absolute atomic E-state index is 5.64. The third-order valence-corrected chi connectivity index (χ3v) is 2.45. The van der Waals surface area contributed by atoms with Crippen LogP contribution in [0.4, 0.5) is 0 Å². The molecule has 0 amide bonds. The summed E-state index contributed by atoms with van der Waals surface area (Å²) in [6, 6.07) is 0. The summed E-state index contributed by atoms with van der Waals surface area (Å²) < 4.78 is 11.0. The van der Waals surface area contributed by atoms with Gasteiger partial charge in [-0.2, -0.15) is 0 Å². The predicted molar refractivity (Wildman–Crippen MR) is 44.6 cm³/mol. The van der Waals surface area contributed by atoms with Crippen LogP contribution >= 0.6 is 0 Å². The van der Waals surface area contributed by atoms with Gasteiger partial charge in [-0.25, -0.2) is 0 Å². The molecule has 2 nitrogen and oxygen atoms in total. The molecule has 1 rings (SSSR count). The molecule has 0 aromatic carbocycles. The van der Waals surface area contributed by atoms with E-state index in [1.807, 2.05) is 0 Å². The molecule has 66 valence electrons. The van der Waals surface area contributed by atoms with Crippen molar-refractivity contribution < 1.29 is 9.47 Å². The van der Waals surface area contributed by atoms with E-state index in [-0.39, 0.29) is 12.2 Å². The minimum absolute atomic E-state index is 0.249. The van der Waals surface area contributed by atoms with Gasteiger partial charge in [-0.15, -0.1) is 0 Å². The van der Waals surface area contributed by atoms with Gasteiger partial charge in [0.05, 0.1) is 18.3 Å². The molecule has 0 N–H and O–H groups in total. The maximum atomic E-state index is 5.64. The van der Waals surface area contributed by atoms with E-state index < -0.39 is 0 Å². The summed E-state index contributed by atoms with van der Waals surface area (Å²) in [7, 11) is 1.76. The van der Waals surface area contributed by atoms with Crippen LogP contribution in [0.2, 0.25) is 0 Å². The first-order chi connectivity index (χ1) is 5.15. The number of rotatable bonds is 1. The van der Waals surface area contributed by atoms with Gasteiger partial charge in [0.1, 0.15) is 0 Å². The highest BCUT2D eigenvalue weighted by Gasteiger charge is 2.31. The van der Waals surface area contributed by atoms with E-state index in [2.05, 4.69) is 20.8 Å². The molecule has 1 heterocycles. The standard InChI is InChI=1S/C9H18O2/c1-6-5-7(2)11-8(3)9(6)10-4/h6-9H,5H2,1-4H3/t6-,7+,8-,9+/m0/s1. The van der Waals surface area contributed by atoms with Crippen molar-refractivity contribution in [3.05, 3.63) is 0 Å². The minimum Gasteiger partial charge on any atom is -0.378 e. The van der Waals surface area contributed by atoms with Crippen LogP contribution in [0, 0.1) is 5.92 Å². The van der Waals surface area contributed by atoms with Gasteiger partial charge < -0.3 is 9.47 Å². The van der Waals surface area contributed by atoms with Crippen LogP contribution in [-0.2, 0) is 9.47 Å². The zero-order valence-corrected chi connectivity index (χ0v) is 7.83. The molecule has 0 aromatic heterocycles. The molecular weight excluding hydrogens is 140 g/mol. The Hall–Kier alpha value is -0.0800. The Labute approximate surface area is 68.9 Å². The molecule has 1 aliphatic heterocycles. The first-order valence-electron chi connectivity index (χ1n) is 4.33. The van der Waals surface area contributed by atoms with Gasteiger partial charge in [0.2, 0.25) is 0 Å². The van der Waals surface area contributed by atoms with E-state index in [0.29, 0.717) is 12.0 Å². The fraction of sp³-hybridized carbons (Fsp3) is 1.00. The third kappa shape index (κ3) is 1.94. The number of hydrogen-bond acceptors (Lipinski definition) is 2. The number of methoxy groups -OCH3 is 1. The lowest BCUT2D eigenvalue weighted by Gasteiger charge is -2.37. The van der Waals surface area contributed by atoms with Crippen molar-refractivity contribution >= 4 is 0 Å². The molecule has 1 aliphatic rings. The number of hydrogen-bond donors (Lipinski definition) is 0. The summed E-state index contributed by atoms with van der Waals surface area (Å²) >= 11 is 0. The SMILES string of the molecule is CO[C@H]1[C@H](C)O[C@H](C)C[C@@H]1C. The Kier molecular flexibility index (Phi) is 2.90. The Morgan fingerprint density at radius 2 is 1.91 bits per heavy atom. The molecule has 0 spiro atoms. The molecule has 11 heavy (non-hydrogen) atoms. The molecule has 4 atom stereocenters. The van der Waals surface area contributed by atoms with Crippen LogP contribution < -0.4 is 0 Å². The Balaban J connectivity index is 2.52. The van der Waals surface area contributed by atoms with Gasteiger partial charge in [0, 0.05) is 7.11 Å². The van der Waals surface area contributed by atoms with E-state index in [0.717, 1.165) is 6.42 Å². The van der Waals surface area contributed by atoms with E-state index in [9.17, 15) is 0 Å². The average Bonchev–Trinajstić information content (AvgIpc) is 1.85. The Bertz CT molecular complexity index is 113. The quantitative estimate of drug-likeness (QED) is 0.579. The van der Waals surface area contributed by atoms with Crippen LogP contribution in [0.1, 0.15) is 27.2 Å². The zero-order chi connectivity index (χ0) is 8.43. The van der Waals surface area contributed by atoms with Crippen LogP contribution in [0.15, 0.2) is 0 Å². The predicted octanol–water partition coefficient (Wildman–Crippen LogP) is 1.83. The first kappa shape index (κ1) is 9.01. The lowest BCUT2D eigenvalue weighted by molar-refractivity contribution is -0.139. The molecule has 0 aliphatic carbocycles. The second-order valence-electron chi connectivity index (χ2n) is 3.57. The summed E-state index contributed by atoms with van der Waals surface area (Å²) in [5.74, 6) is 0.624. The van der Waals surface area contributed by atoms with Gasteiger partial charge in [-0.3, -0.25) is 0 Å². The van der Waals surface area contributed by atoms with Gasteiger partial charge >= 0.3 is 0 Å². The lowest BCUT2D eigenvalue weighted by atomic mass is 9.91. The summed E-state index contributed by atoms with van der Waals surface area (Å²) in [6.07, 6.45) is 2.04. The molecule has 0 radical (unpaired) electrons. The molecular formula is C9H18O2. The average molecular weight is 158 g/mol. The monoisotopic (exact) mass is 158 g/mol. The second-order valence-corrected chi connectivity index (χ2v) is 3.57. The van der Waals surface area contributed by atoms with Crippen molar-refractivity contribution in [3.63, 3.8) is 0 Å². The van der Waals surface area contributed by atoms with Crippen molar-refractivity contribution in [1.29, 1.82) is 0 Å². The van der Waals surface area contributed by atoms with Crippen LogP contribution in [-0.4, -0.2) is 25.4 Å². The second kappa shape index (κ2) is 3.55. The third-order valence-electron chi connectivity index (χ3n) is 2.45. The van der Waals surface area contributed by atoms with Gasteiger partial charge in [0.15, 0.2) is 0 Å². The fourth-order valence-electron chi connectivity index (χ4n) is 2.04. The molecule has 1 fully saturated rings. The highest BCUT2D eigenvalue weighted by atomic mass is 16.5. The molecule has 1 saturated heterocycles. The number of ether oxygens (including phenoxy) is 2. The van der Waals surface area contributed by atoms with E-state index in [4.69, 9.17) is 9.47 Å². The smallest absolute Gasteiger partial charge is 0.0856 e. The van der Waals surface area contributed by atoms with Gasteiger partial charge in [0.25, 0.3) is 0 Å². The Morgan fingerprint density at radius 3 is 2.36 bits per heavy atom. The maximum Gasteiger partial charge on any atom is 0.0856 e. The summed E-state index contributed by atoms with van der Waals surface area (Å²) in [5.41, 5.74) is 0. The van der Waals surface area contributed by atoms with Crippen molar-refractivity contribution in [2.75, 3.05) is 7.11 Å². The minimum atomic E-state index is 0.249. The van der Waals surface area contributed by atoms with Crippen LogP contribution in [0.5, 0.6) is 0 Å². The molecule has 2 heteroatoms. The first-order valence-corrected chi connectivity index (χ1v) is 4.33. The molecule has 0 bridgehead atoms. The van der Waals surface area contributed by atoms with Crippen molar-refractivity contribution in [2.45, 2.75) is 45.5 Å². The van der Waals surface area contributed by atoms with Crippen molar-refractivity contribution in [1.82, 2.24) is 0 Å². The normalized spacial score (nSPS) is 45.8. The fourth-order valence-corrected chi connectivity index (χ4v) is 2.04. The van der Waals surface area contributed by atoms with Crippen LogP contribution in [0.25, 0.3) is 0 Å². The largest absolute Gasteiger partial charge is 0.378 e. The van der Waals surface area contributed by atoms with Crippen molar-refractivity contribution in [2.24, 2.45) is 5.92 Å². The van der Waals surface area contributed by atoms with E-state index in [1.54, 1.807) is 7.11 Å². The van der Waals surface area contributed by atoms with Crippen LogP contribution in [0.3, 0.4) is 0 Å². The topological polar surface area (TPSA) is 18.5 Å². The molecule has 0 unspecified atom stereocenters. The van der Waals surface area contributed by atoms with Gasteiger partial charge in [-0.1, -0.05) is 6.92 Å². The summed E-state index contributed by atoms with van der Waals surface area (Å²) in [4.78, 5) is 0. The van der Waals surface area contributed by atoms with E-state index >= 15 is 0 Å². The highest BCUT2D eigenvalue weighted by molar-refractivity contribution is 4.80. The van der Waals surface area contributed by atoms with E-state index in [1.165, 1.54) is 0 Å². The van der Waals surface area contributed by atoms with Crippen molar-refractivity contribution in [3.8, 4) is 0 Å². The molecule has 0 aromatic rings. The van der Waals surface area contributed by atoms with Gasteiger partial charge in [-0.05, 0) is 26.2 Å². The Morgan fingerprint density at radius 1 is 1.27 bits per heavy atom.